The Hall–Kier alpha value is -2.50. The minimum absolute atomic E-state index is 0.399. The van der Waals surface area contributed by atoms with E-state index >= 15 is 0 Å². The number of hydrogen-bond acceptors (Lipinski definition) is 4. The molecular weight excluding hydrogens is 285 g/mol. The summed E-state index contributed by atoms with van der Waals surface area (Å²) in [6.07, 6.45) is 4.65. The number of nitrogens with zero attached hydrogens (tertiary/aromatic N) is 3. The van der Waals surface area contributed by atoms with Crippen LogP contribution in [0.4, 0.5) is 15.0 Å². The molecule has 1 aliphatic rings. The quantitative estimate of drug-likeness (QED) is 0.853. The normalized spacial score (nSPS) is 17.2. The number of hydrogen-bond donors (Lipinski definition) is 0. The molecule has 0 bridgehead atoms. The molecule has 1 aliphatic heterocycles. The molecule has 2 aromatic heterocycles. The van der Waals surface area contributed by atoms with Crippen molar-refractivity contribution in [3.05, 3.63) is 42.6 Å². The number of carbonyl (C=O) groups excluding carboxylic acids is 1. The molecule has 3 heterocycles. The molecule has 1 amide bonds. The van der Waals surface area contributed by atoms with E-state index in [-0.39, 0.29) is 0 Å². The lowest BCUT2D eigenvalue weighted by Crippen LogP contribution is -2.46. The van der Waals surface area contributed by atoms with E-state index < -0.39 is 17.5 Å². The molecule has 3 rings (SSSR count). The number of cyclic esters (lactones) is 1. The van der Waals surface area contributed by atoms with Gasteiger partial charge < -0.3 is 4.74 Å². The van der Waals surface area contributed by atoms with Crippen LogP contribution < -0.4 is 4.90 Å². The highest BCUT2D eigenvalue weighted by atomic mass is 19.1. The van der Waals surface area contributed by atoms with Gasteiger partial charge in [-0.25, -0.2) is 14.2 Å². The predicted octanol–water partition coefficient (Wildman–Crippen LogP) is 3.41. The van der Waals surface area contributed by atoms with Crippen molar-refractivity contribution in [1.82, 2.24) is 9.97 Å². The molecular formula is C16H16FN3O2. The summed E-state index contributed by atoms with van der Waals surface area (Å²) in [5.41, 5.74) is 0.934. The van der Waals surface area contributed by atoms with Gasteiger partial charge in [0.1, 0.15) is 17.2 Å². The van der Waals surface area contributed by atoms with Crippen LogP contribution in [-0.4, -0.2) is 28.2 Å². The van der Waals surface area contributed by atoms with Crippen LogP contribution in [0.3, 0.4) is 0 Å². The minimum Gasteiger partial charge on any atom is -0.443 e. The van der Waals surface area contributed by atoms with Crippen LogP contribution >= 0.6 is 0 Å². The number of pyridine rings is 2. The molecule has 2 aromatic rings. The number of rotatable bonds is 2. The molecule has 5 nitrogen and oxygen atoms in total. The second-order valence-corrected chi connectivity index (χ2v) is 5.83. The number of halogens is 1. The van der Waals surface area contributed by atoms with Crippen molar-refractivity contribution in [2.75, 3.05) is 11.4 Å². The number of ether oxygens (including phenoxy) is 1. The number of anilines is 1. The molecule has 0 spiro atoms. The van der Waals surface area contributed by atoms with Gasteiger partial charge in [0.15, 0.2) is 0 Å². The number of amides is 1. The first-order valence-corrected chi connectivity index (χ1v) is 7.02. The van der Waals surface area contributed by atoms with E-state index in [0.717, 1.165) is 18.2 Å². The highest BCUT2D eigenvalue weighted by Gasteiger charge is 2.33. The highest BCUT2D eigenvalue weighted by molar-refractivity contribution is 5.87. The fraction of sp³-hybridized carbons (Fsp3) is 0.312. The third kappa shape index (κ3) is 2.90. The fourth-order valence-corrected chi connectivity index (χ4v) is 2.31. The molecule has 0 saturated carbocycles. The lowest BCUT2D eigenvalue weighted by molar-refractivity contribution is 0.0234. The van der Waals surface area contributed by atoms with Crippen molar-refractivity contribution >= 4 is 11.9 Å². The average molecular weight is 301 g/mol. The van der Waals surface area contributed by atoms with E-state index in [9.17, 15) is 9.18 Å². The van der Waals surface area contributed by atoms with Gasteiger partial charge in [-0.2, -0.15) is 0 Å². The summed E-state index contributed by atoms with van der Waals surface area (Å²) in [6, 6.07) is 4.90. The summed E-state index contributed by atoms with van der Waals surface area (Å²) >= 11 is 0. The van der Waals surface area contributed by atoms with Gasteiger partial charge in [-0.1, -0.05) is 0 Å². The highest BCUT2D eigenvalue weighted by Crippen LogP contribution is 2.27. The number of carbonyl (C=O) groups is 1. The van der Waals surface area contributed by atoms with E-state index in [2.05, 4.69) is 9.97 Å². The van der Waals surface area contributed by atoms with Gasteiger partial charge in [-0.3, -0.25) is 9.88 Å². The Bertz CT molecular complexity index is 701. The van der Waals surface area contributed by atoms with Crippen molar-refractivity contribution < 1.29 is 13.9 Å². The molecule has 0 unspecified atom stereocenters. The van der Waals surface area contributed by atoms with Crippen LogP contribution in [-0.2, 0) is 4.74 Å². The minimum atomic E-state index is -0.444. The van der Waals surface area contributed by atoms with Gasteiger partial charge >= 0.3 is 6.09 Å². The monoisotopic (exact) mass is 301 g/mol. The largest absolute Gasteiger partial charge is 0.443 e. The second-order valence-electron chi connectivity index (χ2n) is 5.83. The van der Waals surface area contributed by atoms with Crippen molar-refractivity contribution in [2.45, 2.75) is 25.9 Å². The summed E-state index contributed by atoms with van der Waals surface area (Å²) in [4.78, 5) is 21.6. The summed E-state index contributed by atoms with van der Waals surface area (Å²) in [5, 5.41) is 0. The summed E-state index contributed by atoms with van der Waals surface area (Å²) in [5.74, 6) is 0.122. The van der Waals surface area contributed by atoms with Crippen molar-refractivity contribution in [1.29, 1.82) is 0 Å². The van der Waals surface area contributed by atoms with Gasteiger partial charge in [0.25, 0.3) is 0 Å². The van der Waals surface area contributed by atoms with Crippen molar-refractivity contribution in [2.24, 2.45) is 0 Å². The van der Waals surface area contributed by atoms with E-state index in [1.54, 1.807) is 24.5 Å². The van der Waals surface area contributed by atoms with Crippen molar-refractivity contribution in [3.63, 3.8) is 0 Å². The maximum Gasteiger partial charge on any atom is 0.416 e. The Kier molecular flexibility index (Phi) is 3.52. The SMILES string of the molecule is CC1(C)CCN(c2ccc(-c3cncc(F)c3)cn2)C(=O)O1. The maximum atomic E-state index is 13.2. The first kappa shape index (κ1) is 14.4. The third-order valence-electron chi connectivity index (χ3n) is 3.58. The first-order valence-electron chi connectivity index (χ1n) is 7.02. The Labute approximate surface area is 127 Å². The van der Waals surface area contributed by atoms with Gasteiger partial charge in [0, 0.05) is 36.5 Å². The molecule has 114 valence electrons. The van der Waals surface area contributed by atoms with E-state index in [0.29, 0.717) is 17.9 Å². The van der Waals surface area contributed by atoms with Crippen LogP contribution in [0.1, 0.15) is 20.3 Å². The lowest BCUT2D eigenvalue weighted by Gasteiger charge is -2.35. The molecule has 6 heteroatoms. The van der Waals surface area contributed by atoms with Gasteiger partial charge in [-0.15, -0.1) is 0 Å². The predicted molar refractivity (Wildman–Crippen MR) is 79.9 cm³/mol. The van der Waals surface area contributed by atoms with Crippen LogP contribution in [0.15, 0.2) is 36.8 Å². The molecule has 22 heavy (non-hydrogen) atoms. The maximum absolute atomic E-state index is 13.2. The third-order valence-corrected chi connectivity index (χ3v) is 3.58. The first-order chi connectivity index (χ1) is 10.4. The van der Waals surface area contributed by atoms with E-state index in [4.69, 9.17) is 4.74 Å². The zero-order valence-corrected chi connectivity index (χ0v) is 12.4. The van der Waals surface area contributed by atoms with Gasteiger partial charge in [0.2, 0.25) is 0 Å². The van der Waals surface area contributed by atoms with E-state index in [1.807, 2.05) is 13.8 Å². The topological polar surface area (TPSA) is 55.3 Å². The molecule has 1 saturated heterocycles. The molecule has 0 radical (unpaired) electrons. The second kappa shape index (κ2) is 5.36. The van der Waals surface area contributed by atoms with Gasteiger partial charge in [-0.05, 0) is 32.0 Å². The summed E-state index contributed by atoms with van der Waals surface area (Å²) < 4.78 is 18.6. The zero-order chi connectivity index (χ0) is 15.7. The summed E-state index contributed by atoms with van der Waals surface area (Å²) in [6.45, 7) is 4.32. The van der Waals surface area contributed by atoms with Crippen LogP contribution in [0.25, 0.3) is 11.1 Å². The van der Waals surface area contributed by atoms with Gasteiger partial charge in [0.05, 0.1) is 6.20 Å². The smallest absolute Gasteiger partial charge is 0.416 e. The molecule has 1 fully saturated rings. The zero-order valence-electron chi connectivity index (χ0n) is 12.4. The molecule has 0 aromatic carbocycles. The molecule has 0 atom stereocenters. The van der Waals surface area contributed by atoms with Crippen LogP contribution in [0, 0.1) is 5.82 Å². The summed E-state index contributed by atoms with van der Waals surface area (Å²) in [7, 11) is 0. The Morgan fingerprint density at radius 1 is 1.23 bits per heavy atom. The fourth-order valence-electron chi connectivity index (χ4n) is 2.31. The lowest BCUT2D eigenvalue weighted by atomic mass is 10.0. The Morgan fingerprint density at radius 3 is 2.68 bits per heavy atom. The Balaban J connectivity index is 1.82. The van der Waals surface area contributed by atoms with E-state index in [1.165, 1.54) is 11.0 Å². The molecule has 0 N–H and O–H groups in total. The molecule has 0 aliphatic carbocycles. The van der Waals surface area contributed by atoms with Crippen LogP contribution in [0.5, 0.6) is 0 Å². The Morgan fingerprint density at radius 2 is 2.05 bits per heavy atom. The standard InChI is InChI=1S/C16H16FN3O2/c1-16(2)5-6-20(15(21)22-16)14-4-3-11(9-19-14)12-7-13(17)10-18-8-12/h3-4,7-10H,5-6H2,1-2H3. The van der Waals surface area contributed by atoms with Crippen molar-refractivity contribution in [3.8, 4) is 11.1 Å². The average Bonchev–Trinajstić information content (AvgIpc) is 2.47. The number of aromatic nitrogens is 2. The van der Waals surface area contributed by atoms with Crippen LogP contribution in [0.2, 0.25) is 0 Å².